The predicted octanol–water partition coefficient (Wildman–Crippen LogP) is 1.71. The van der Waals surface area contributed by atoms with Gasteiger partial charge in [-0.2, -0.15) is 4.31 Å². The third kappa shape index (κ3) is 6.40. The Hall–Kier alpha value is -1.70. The summed E-state index contributed by atoms with van der Waals surface area (Å²) in [5, 5.41) is 6.32. The number of aryl methyl sites for hydroxylation is 2. The second-order valence-corrected chi connectivity index (χ2v) is 9.25. The molecule has 2 N–H and O–H groups in total. The number of nitrogens with zero attached hydrogens (tertiary/aromatic N) is 4. The average molecular weight is 562 g/mol. The molecule has 0 aliphatic carbocycles. The SMILES string of the molecule is CN=C(NCc1nc(C)c(C)o1)NCc1ccccc1S(=O)(=O)N1CCN(C)CC1.I. The molecule has 172 valence electrons. The van der Waals surface area contributed by atoms with E-state index < -0.39 is 10.0 Å². The van der Waals surface area contributed by atoms with Crippen LogP contribution in [0.1, 0.15) is 22.9 Å². The summed E-state index contributed by atoms with van der Waals surface area (Å²) in [6.45, 7) is 6.94. The maximum Gasteiger partial charge on any atom is 0.243 e. The van der Waals surface area contributed by atoms with Crippen molar-refractivity contribution in [2.45, 2.75) is 31.8 Å². The van der Waals surface area contributed by atoms with Gasteiger partial charge in [-0.15, -0.1) is 24.0 Å². The molecule has 1 aromatic heterocycles. The first kappa shape index (κ1) is 25.6. The van der Waals surface area contributed by atoms with Crippen LogP contribution in [-0.4, -0.2) is 68.8 Å². The summed E-state index contributed by atoms with van der Waals surface area (Å²) in [7, 11) is 0.116. The lowest BCUT2D eigenvalue weighted by atomic mass is 10.2. The number of piperazine rings is 1. The molecule has 0 atom stereocenters. The third-order valence-corrected chi connectivity index (χ3v) is 7.20. The summed E-state index contributed by atoms with van der Waals surface area (Å²) in [4.78, 5) is 11.0. The maximum atomic E-state index is 13.2. The zero-order valence-electron chi connectivity index (χ0n) is 18.4. The van der Waals surface area contributed by atoms with Gasteiger partial charge in [0.1, 0.15) is 5.76 Å². The Morgan fingerprint density at radius 2 is 1.77 bits per heavy atom. The molecule has 11 heteroatoms. The molecule has 1 aliphatic rings. The van der Waals surface area contributed by atoms with E-state index >= 15 is 0 Å². The fourth-order valence-corrected chi connectivity index (χ4v) is 4.89. The van der Waals surface area contributed by atoms with Crippen LogP contribution in [0.15, 0.2) is 38.6 Å². The lowest BCUT2D eigenvalue weighted by Gasteiger charge is -2.32. The zero-order chi connectivity index (χ0) is 21.7. The Bertz CT molecular complexity index is 981. The minimum atomic E-state index is -3.55. The molecule has 3 rings (SSSR count). The molecule has 0 spiro atoms. The van der Waals surface area contributed by atoms with Crippen molar-refractivity contribution in [3.05, 3.63) is 47.2 Å². The molecule has 0 bridgehead atoms. The summed E-state index contributed by atoms with van der Waals surface area (Å²) in [5.41, 5.74) is 1.56. The number of halogens is 1. The molecule has 1 fully saturated rings. The number of rotatable bonds is 6. The number of oxazole rings is 1. The van der Waals surface area contributed by atoms with E-state index in [4.69, 9.17) is 4.42 Å². The number of aromatic nitrogens is 1. The van der Waals surface area contributed by atoms with Crippen LogP contribution >= 0.6 is 24.0 Å². The van der Waals surface area contributed by atoms with Gasteiger partial charge in [0, 0.05) is 39.8 Å². The van der Waals surface area contributed by atoms with Crippen molar-refractivity contribution >= 4 is 40.0 Å². The van der Waals surface area contributed by atoms with Gasteiger partial charge >= 0.3 is 0 Å². The van der Waals surface area contributed by atoms with Gasteiger partial charge in [-0.05, 0) is 32.5 Å². The highest BCUT2D eigenvalue weighted by Crippen LogP contribution is 2.21. The average Bonchev–Trinajstić information content (AvgIpc) is 3.06. The Labute approximate surface area is 201 Å². The Kier molecular flexibility index (Phi) is 9.28. The summed E-state index contributed by atoms with van der Waals surface area (Å²) in [6, 6.07) is 7.09. The van der Waals surface area contributed by atoms with E-state index in [0.29, 0.717) is 48.5 Å². The summed E-state index contributed by atoms with van der Waals surface area (Å²) < 4.78 is 33.5. The normalized spacial score (nSPS) is 16.1. The van der Waals surface area contributed by atoms with E-state index in [9.17, 15) is 8.42 Å². The fraction of sp³-hybridized carbons (Fsp3) is 0.500. The van der Waals surface area contributed by atoms with Crippen molar-refractivity contribution in [3.63, 3.8) is 0 Å². The van der Waals surface area contributed by atoms with Gasteiger partial charge in [-0.25, -0.2) is 13.4 Å². The van der Waals surface area contributed by atoms with Crippen LogP contribution in [0.4, 0.5) is 0 Å². The Balaban J connectivity index is 0.00000341. The largest absolute Gasteiger partial charge is 0.444 e. The quantitative estimate of drug-likeness (QED) is 0.314. The molecule has 0 radical (unpaired) electrons. The molecule has 1 aromatic carbocycles. The Morgan fingerprint density at radius 1 is 1.13 bits per heavy atom. The molecule has 9 nitrogen and oxygen atoms in total. The summed E-state index contributed by atoms with van der Waals surface area (Å²) >= 11 is 0. The van der Waals surface area contributed by atoms with Crippen LogP contribution in [0, 0.1) is 13.8 Å². The minimum Gasteiger partial charge on any atom is -0.444 e. The van der Waals surface area contributed by atoms with Gasteiger partial charge in [0.2, 0.25) is 15.9 Å². The number of hydrogen-bond donors (Lipinski definition) is 2. The maximum absolute atomic E-state index is 13.2. The van der Waals surface area contributed by atoms with Gasteiger partial charge in [-0.3, -0.25) is 4.99 Å². The minimum absolute atomic E-state index is 0. The second-order valence-electron chi connectivity index (χ2n) is 7.34. The van der Waals surface area contributed by atoms with Gasteiger partial charge < -0.3 is 20.0 Å². The van der Waals surface area contributed by atoms with Crippen LogP contribution < -0.4 is 10.6 Å². The number of nitrogens with one attached hydrogen (secondary N) is 2. The van der Waals surface area contributed by atoms with E-state index in [0.717, 1.165) is 24.5 Å². The third-order valence-electron chi connectivity index (χ3n) is 5.20. The molecule has 0 amide bonds. The lowest BCUT2D eigenvalue weighted by Crippen LogP contribution is -2.47. The highest BCUT2D eigenvalue weighted by atomic mass is 127. The van der Waals surface area contributed by atoms with E-state index in [1.807, 2.05) is 33.0 Å². The number of guanidine groups is 1. The molecule has 31 heavy (non-hydrogen) atoms. The van der Waals surface area contributed by atoms with Gasteiger partial charge in [0.25, 0.3) is 0 Å². The van der Waals surface area contributed by atoms with Crippen molar-refractivity contribution in [1.82, 2.24) is 24.8 Å². The number of benzene rings is 1. The van der Waals surface area contributed by atoms with Crippen LogP contribution in [0.2, 0.25) is 0 Å². The summed E-state index contributed by atoms with van der Waals surface area (Å²) in [6.07, 6.45) is 0. The number of sulfonamides is 1. The zero-order valence-corrected chi connectivity index (χ0v) is 21.5. The van der Waals surface area contributed by atoms with Crippen LogP contribution in [0.5, 0.6) is 0 Å². The monoisotopic (exact) mass is 562 g/mol. The van der Waals surface area contributed by atoms with E-state index in [2.05, 4.69) is 25.5 Å². The standard InChI is InChI=1S/C20H30N6O3S.HI/c1-15-16(2)29-19(24-15)14-23-20(21-3)22-13-17-7-5-6-8-18(17)30(27,28)26-11-9-25(4)10-12-26;/h5-8H,9-14H2,1-4H3,(H2,21,22,23);1H. The second kappa shape index (κ2) is 11.2. The Morgan fingerprint density at radius 3 is 2.39 bits per heavy atom. The molecule has 1 saturated heterocycles. The molecular formula is C20H31IN6O3S. The highest BCUT2D eigenvalue weighted by molar-refractivity contribution is 14.0. The smallest absolute Gasteiger partial charge is 0.243 e. The predicted molar refractivity (Wildman–Crippen MR) is 131 cm³/mol. The molecule has 1 aliphatic heterocycles. The number of likely N-dealkylation sites (N-methyl/N-ethyl adjacent to an activating group) is 1. The first-order valence-corrected chi connectivity index (χ1v) is 11.4. The van der Waals surface area contributed by atoms with Crippen molar-refractivity contribution < 1.29 is 12.8 Å². The fourth-order valence-electron chi connectivity index (χ4n) is 3.24. The molecule has 0 saturated carbocycles. The molecule has 0 unspecified atom stereocenters. The van der Waals surface area contributed by atoms with Crippen molar-refractivity contribution in [1.29, 1.82) is 0 Å². The summed E-state index contributed by atoms with van der Waals surface area (Å²) in [5.74, 6) is 1.90. The van der Waals surface area contributed by atoms with E-state index in [1.165, 1.54) is 0 Å². The van der Waals surface area contributed by atoms with Gasteiger partial charge in [-0.1, -0.05) is 18.2 Å². The van der Waals surface area contributed by atoms with Crippen LogP contribution in [0.25, 0.3) is 0 Å². The van der Waals surface area contributed by atoms with Gasteiger partial charge in [0.15, 0.2) is 5.96 Å². The topological polar surface area (TPSA) is 103 Å². The van der Waals surface area contributed by atoms with E-state index in [1.54, 1.807) is 23.5 Å². The molecular weight excluding hydrogens is 531 g/mol. The van der Waals surface area contributed by atoms with Crippen LogP contribution in [0.3, 0.4) is 0 Å². The lowest BCUT2D eigenvalue weighted by molar-refractivity contribution is 0.222. The molecule has 2 aromatic rings. The first-order valence-electron chi connectivity index (χ1n) is 9.95. The molecule has 2 heterocycles. The van der Waals surface area contributed by atoms with Gasteiger partial charge in [0.05, 0.1) is 17.1 Å². The highest BCUT2D eigenvalue weighted by Gasteiger charge is 2.29. The number of hydrogen-bond acceptors (Lipinski definition) is 6. The van der Waals surface area contributed by atoms with Crippen molar-refractivity contribution in [2.24, 2.45) is 4.99 Å². The van der Waals surface area contributed by atoms with Crippen LogP contribution in [-0.2, 0) is 23.1 Å². The van der Waals surface area contributed by atoms with E-state index in [-0.39, 0.29) is 24.0 Å². The van der Waals surface area contributed by atoms with Crippen molar-refractivity contribution in [3.8, 4) is 0 Å². The first-order chi connectivity index (χ1) is 14.3. The van der Waals surface area contributed by atoms with Crippen molar-refractivity contribution in [2.75, 3.05) is 40.3 Å². The number of aliphatic imine (C=N–C) groups is 1.